The maximum absolute atomic E-state index is 11.3. The predicted molar refractivity (Wildman–Crippen MR) is 67.7 cm³/mol. The van der Waals surface area contributed by atoms with Crippen molar-refractivity contribution in [2.75, 3.05) is 0 Å². The van der Waals surface area contributed by atoms with Crippen molar-refractivity contribution in [3.05, 3.63) is 35.6 Å². The lowest BCUT2D eigenvalue weighted by Gasteiger charge is -2.08. The van der Waals surface area contributed by atoms with Crippen molar-refractivity contribution < 1.29 is 19.1 Å². The summed E-state index contributed by atoms with van der Waals surface area (Å²) in [5.41, 5.74) is 0.784. The maximum atomic E-state index is 11.3. The lowest BCUT2D eigenvalue weighted by molar-refractivity contribution is 0.0395. The highest BCUT2D eigenvalue weighted by atomic mass is 16.5. The van der Waals surface area contributed by atoms with E-state index in [9.17, 15) is 9.90 Å². The van der Waals surface area contributed by atoms with Gasteiger partial charge in [-0.1, -0.05) is 25.1 Å². The molecule has 4 heteroatoms. The van der Waals surface area contributed by atoms with Crippen molar-refractivity contribution in [1.29, 1.82) is 0 Å². The Morgan fingerprint density at radius 1 is 1.44 bits per heavy atom. The fraction of sp³-hybridized carbons (Fsp3) is 0.357. The quantitative estimate of drug-likeness (QED) is 0.880. The molecule has 0 saturated carbocycles. The highest BCUT2D eigenvalue weighted by Crippen LogP contribution is 2.26. The summed E-state index contributed by atoms with van der Waals surface area (Å²) in [5, 5.41) is 9.88. The van der Waals surface area contributed by atoms with Crippen LogP contribution in [0.4, 0.5) is 0 Å². The van der Waals surface area contributed by atoms with Crippen LogP contribution in [0.5, 0.6) is 0 Å². The van der Waals surface area contributed by atoms with Gasteiger partial charge >= 0.3 is 5.97 Å². The zero-order valence-electron chi connectivity index (χ0n) is 10.5. The molecule has 1 unspecified atom stereocenters. The van der Waals surface area contributed by atoms with Gasteiger partial charge in [-0.25, -0.2) is 4.79 Å². The minimum absolute atomic E-state index is 0.0832. The summed E-state index contributed by atoms with van der Waals surface area (Å²) in [6.07, 6.45) is 0.961. The average molecular weight is 248 g/mol. The predicted octanol–water partition coefficient (Wildman–Crippen LogP) is 3.45. The highest BCUT2D eigenvalue weighted by Gasteiger charge is 2.20. The van der Waals surface area contributed by atoms with Crippen LogP contribution in [-0.2, 0) is 11.3 Å². The number of aromatic carboxylic acids is 1. The summed E-state index contributed by atoms with van der Waals surface area (Å²) in [4.78, 5) is 11.3. The van der Waals surface area contributed by atoms with Crippen LogP contribution in [0.15, 0.2) is 28.7 Å². The fourth-order valence-electron chi connectivity index (χ4n) is 1.77. The number of hydrogen-bond acceptors (Lipinski definition) is 3. The monoisotopic (exact) mass is 248 g/mol. The van der Waals surface area contributed by atoms with Crippen LogP contribution >= 0.6 is 0 Å². The van der Waals surface area contributed by atoms with E-state index in [2.05, 4.69) is 0 Å². The summed E-state index contributed by atoms with van der Waals surface area (Å²) < 4.78 is 11.1. The van der Waals surface area contributed by atoms with E-state index in [-0.39, 0.29) is 18.3 Å². The van der Waals surface area contributed by atoms with Crippen LogP contribution < -0.4 is 0 Å². The zero-order valence-corrected chi connectivity index (χ0v) is 10.5. The molecule has 1 aromatic heterocycles. The summed E-state index contributed by atoms with van der Waals surface area (Å²) in [6.45, 7) is 4.15. The lowest BCUT2D eigenvalue weighted by Crippen LogP contribution is -2.08. The molecular weight excluding hydrogens is 232 g/mol. The molecule has 1 N–H and O–H groups in total. The van der Waals surface area contributed by atoms with Crippen molar-refractivity contribution in [3.8, 4) is 0 Å². The standard InChI is InChI=1S/C14H16O4/c1-3-9(2)17-8-12-13(14(15)16)10-6-4-5-7-11(10)18-12/h4-7,9H,3,8H2,1-2H3,(H,15,16). The molecule has 0 aliphatic carbocycles. The van der Waals surface area contributed by atoms with E-state index in [1.165, 1.54) is 0 Å². The Balaban J connectivity index is 2.37. The van der Waals surface area contributed by atoms with Gasteiger partial charge in [0.15, 0.2) is 0 Å². The van der Waals surface area contributed by atoms with Crippen molar-refractivity contribution >= 4 is 16.9 Å². The number of fused-ring (bicyclic) bond motifs is 1. The summed E-state index contributed by atoms with van der Waals surface area (Å²) in [5.74, 6) is -0.605. The number of ether oxygens (including phenoxy) is 1. The molecule has 0 spiro atoms. The van der Waals surface area contributed by atoms with E-state index in [0.717, 1.165) is 6.42 Å². The molecule has 1 heterocycles. The molecule has 2 rings (SSSR count). The minimum Gasteiger partial charge on any atom is -0.478 e. The number of carboxylic acids is 1. The molecule has 0 aliphatic heterocycles. The Morgan fingerprint density at radius 2 is 2.17 bits per heavy atom. The molecule has 4 nitrogen and oxygen atoms in total. The van der Waals surface area contributed by atoms with Gasteiger partial charge < -0.3 is 14.3 Å². The fourth-order valence-corrected chi connectivity index (χ4v) is 1.77. The van der Waals surface area contributed by atoms with Crippen LogP contribution in [0.3, 0.4) is 0 Å². The first-order chi connectivity index (χ1) is 8.63. The first-order valence-electron chi connectivity index (χ1n) is 5.98. The summed E-state index contributed by atoms with van der Waals surface area (Å²) in [6, 6.07) is 7.12. The number of hydrogen-bond donors (Lipinski definition) is 1. The first kappa shape index (κ1) is 12.6. The van der Waals surface area contributed by atoms with Gasteiger partial charge in [0, 0.05) is 5.39 Å². The largest absolute Gasteiger partial charge is 0.478 e. The molecule has 1 atom stereocenters. The summed E-state index contributed by atoms with van der Waals surface area (Å²) >= 11 is 0. The van der Waals surface area contributed by atoms with E-state index in [1.54, 1.807) is 18.2 Å². The van der Waals surface area contributed by atoms with Crippen LogP contribution in [0, 0.1) is 0 Å². The molecule has 0 saturated heterocycles. The van der Waals surface area contributed by atoms with E-state index in [4.69, 9.17) is 9.15 Å². The number of carbonyl (C=O) groups is 1. The third kappa shape index (κ3) is 2.38. The van der Waals surface area contributed by atoms with Gasteiger partial charge in [0.2, 0.25) is 0 Å². The van der Waals surface area contributed by atoms with Crippen LogP contribution in [0.1, 0.15) is 36.4 Å². The second-order valence-electron chi connectivity index (χ2n) is 4.23. The number of para-hydroxylation sites is 1. The van der Waals surface area contributed by atoms with E-state index in [0.29, 0.717) is 16.7 Å². The summed E-state index contributed by atoms with van der Waals surface area (Å²) in [7, 11) is 0. The number of benzene rings is 1. The van der Waals surface area contributed by atoms with Gasteiger partial charge in [-0.05, 0) is 19.4 Å². The molecule has 2 aromatic rings. The van der Waals surface area contributed by atoms with Crippen LogP contribution in [0.2, 0.25) is 0 Å². The molecule has 96 valence electrons. The number of carboxylic acid groups (broad SMARTS) is 1. The molecule has 0 amide bonds. The molecule has 0 bridgehead atoms. The third-order valence-corrected chi connectivity index (χ3v) is 2.96. The Kier molecular flexibility index (Phi) is 3.67. The Bertz CT molecular complexity index is 556. The topological polar surface area (TPSA) is 59.7 Å². The second kappa shape index (κ2) is 5.23. The maximum Gasteiger partial charge on any atom is 0.340 e. The van der Waals surface area contributed by atoms with Gasteiger partial charge in [-0.3, -0.25) is 0 Å². The van der Waals surface area contributed by atoms with Crippen molar-refractivity contribution in [3.63, 3.8) is 0 Å². The van der Waals surface area contributed by atoms with Gasteiger partial charge in [0.05, 0.1) is 6.10 Å². The van der Waals surface area contributed by atoms with Crippen LogP contribution in [-0.4, -0.2) is 17.2 Å². The second-order valence-corrected chi connectivity index (χ2v) is 4.23. The Morgan fingerprint density at radius 3 is 2.83 bits per heavy atom. The molecular formula is C14H16O4. The van der Waals surface area contributed by atoms with Gasteiger partial charge in [-0.15, -0.1) is 0 Å². The van der Waals surface area contributed by atoms with E-state index >= 15 is 0 Å². The highest BCUT2D eigenvalue weighted by molar-refractivity contribution is 6.03. The molecule has 0 fully saturated rings. The van der Waals surface area contributed by atoms with Gasteiger partial charge in [0.25, 0.3) is 0 Å². The van der Waals surface area contributed by atoms with Crippen molar-refractivity contribution in [1.82, 2.24) is 0 Å². The SMILES string of the molecule is CCC(C)OCc1oc2ccccc2c1C(=O)O. The minimum atomic E-state index is -0.984. The molecule has 1 aromatic carbocycles. The number of furan rings is 1. The normalized spacial score (nSPS) is 12.8. The van der Waals surface area contributed by atoms with E-state index < -0.39 is 5.97 Å². The van der Waals surface area contributed by atoms with Crippen LogP contribution in [0.25, 0.3) is 11.0 Å². The average Bonchev–Trinajstić information content (AvgIpc) is 2.74. The Labute approximate surface area is 105 Å². The van der Waals surface area contributed by atoms with Crippen molar-refractivity contribution in [2.24, 2.45) is 0 Å². The van der Waals surface area contributed by atoms with Gasteiger partial charge in [0.1, 0.15) is 23.5 Å². The van der Waals surface area contributed by atoms with Crippen molar-refractivity contribution in [2.45, 2.75) is 33.0 Å². The molecule has 18 heavy (non-hydrogen) atoms. The zero-order chi connectivity index (χ0) is 13.1. The number of rotatable bonds is 5. The van der Waals surface area contributed by atoms with E-state index in [1.807, 2.05) is 19.9 Å². The smallest absolute Gasteiger partial charge is 0.340 e. The molecule has 0 radical (unpaired) electrons. The molecule has 0 aliphatic rings. The third-order valence-electron chi connectivity index (χ3n) is 2.96. The first-order valence-corrected chi connectivity index (χ1v) is 5.98. The lowest BCUT2D eigenvalue weighted by atomic mass is 10.1. The van der Waals surface area contributed by atoms with Gasteiger partial charge in [-0.2, -0.15) is 0 Å². The Hall–Kier alpha value is -1.81.